The number of carbonyl (C=O) groups is 1. The number of carboxylic acid groups (broad SMARTS) is 1. The molecule has 0 aliphatic heterocycles. The fourth-order valence-corrected chi connectivity index (χ4v) is 2.00. The third-order valence-corrected chi connectivity index (χ3v) is 3.24. The fourth-order valence-electron chi connectivity index (χ4n) is 2.00. The highest BCUT2D eigenvalue weighted by Crippen LogP contribution is 2.45. The molecule has 110 valence electrons. The molecular formula is C14H19NO5. The SMILES string of the molecule is COCCOCOc1ccc(C2(NC(=O)O)CC2)cc1. The number of rotatable bonds is 8. The molecule has 0 aromatic heterocycles. The van der Waals surface area contributed by atoms with E-state index in [1.54, 1.807) is 7.11 Å². The summed E-state index contributed by atoms with van der Waals surface area (Å²) in [5.74, 6) is 0.692. The molecule has 1 aromatic rings. The van der Waals surface area contributed by atoms with Crippen molar-refractivity contribution >= 4 is 6.09 Å². The predicted molar refractivity (Wildman–Crippen MR) is 71.8 cm³/mol. The van der Waals surface area contributed by atoms with Gasteiger partial charge in [-0.3, -0.25) is 0 Å². The number of nitrogens with one attached hydrogen (secondary N) is 1. The van der Waals surface area contributed by atoms with Gasteiger partial charge in [0.05, 0.1) is 18.8 Å². The molecule has 1 aromatic carbocycles. The lowest BCUT2D eigenvalue weighted by molar-refractivity contribution is -0.00847. The van der Waals surface area contributed by atoms with E-state index in [-0.39, 0.29) is 6.79 Å². The summed E-state index contributed by atoms with van der Waals surface area (Å²) in [6, 6.07) is 7.40. The molecule has 0 radical (unpaired) electrons. The highest BCUT2D eigenvalue weighted by atomic mass is 16.7. The van der Waals surface area contributed by atoms with E-state index in [1.807, 2.05) is 24.3 Å². The maximum atomic E-state index is 10.8. The van der Waals surface area contributed by atoms with Gasteiger partial charge in [0.15, 0.2) is 6.79 Å². The van der Waals surface area contributed by atoms with Gasteiger partial charge in [0, 0.05) is 7.11 Å². The monoisotopic (exact) mass is 281 g/mol. The van der Waals surface area contributed by atoms with Gasteiger partial charge in [-0.2, -0.15) is 0 Å². The summed E-state index contributed by atoms with van der Waals surface area (Å²) in [6.07, 6.45) is 0.675. The van der Waals surface area contributed by atoms with Gasteiger partial charge in [0.25, 0.3) is 0 Å². The van der Waals surface area contributed by atoms with Crippen LogP contribution >= 0.6 is 0 Å². The average Bonchev–Trinajstić information content (AvgIpc) is 3.19. The van der Waals surface area contributed by atoms with Gasteiger partial charge in [0.2, 0.25) is 0 Å². The standard InChI is InChI=1S/C14H19NO5/c1-18-8-9-19-10-20-12-4-2-11(3-5-12)14(6-7-14)15-13(16)17/h2-5,15H,6-10H2,1H3,(H,16,17). The molecule has 1 aliphatic rings. The normalized spacial score (nSPS) is 15.7. The van der Waals surface area contributed by atoms with Crippen LogP contribution in [0.1, 0.15) is 18.4 Å². The summed E-state index contributed by atoms with van der Waals surface area (Å²) in [7, 11) is 1.61. The Labute approximate surface area is 117 Å². The Balaban J connectivity index is 1.82. The molecule has 1 fully saturated rings. The Hall–Kier alpha value is -1.79. The van der Waals surface area contributed by atoms with Crippen LogP contribution in [0.25, 0.3) is 0 Å². The van der Waals surface area contributed by atoms with E-state index in [4.69, 9.17) is 19.3 Å². The zero-order chi connectivity index (χ0) is 14.4. The third kappa shape index (κ3) is 3.85. The van der Waals surface area contributed by atoms with Crippen molar-refractivity contribution in [2.45, 2.75) is 18.4 Å². The van der Waals surface area contributed by atoms with Crippen LogP contribution in [0, 0.1) is 0 Å². The molecule has 2 N–H and O–H groups in total. The molecule has 0 bridgehead atoms. The van der Waals surface area contributed by atoms with E-state index >= 15 is 0 Å². The molecular weight excluding hydrogens is 262 g/mol. The van der Waals surface area contributed by atoms with Gasteiger partial charge in [-0.1, -0.05) is 12.1 Å². The van der Waals surface area contributed by atoms with Crippen molar-refractivity contribution in [3.63, 3.8) is 0 Å². The summed E-state index contributed by atoms with van der Waals surface area (Å²) in [5, 5.41) is 11.4. The van der Waals surface area contributed by atoms with E-state index in [0.29, 0.717) is 19.0 Å². The number of ether oxygens (including phenoxy) is 3. The van der Waals surface area contributed by atoms with E-state index in [2.05, 4.69) is 5.32 Å². The minimum atomic E-state index is -0.991. The van der Waals surface area contributed by atoms with Crippen LogP contribution in [0.3, 0.4) is 0 Å². The van der Waals surface area contributed by atoms with Crippen molar-refractivity contribution in [1.82, 2.24) is 5.32 Å². The Kier molecular flexibility index (Phi) is 4.81. The minimum Gasteiger partial charge on any atom is -0.468 e. The lowest BCUT2D eigenvalue weighted by Crippen LogP contribution is -2.33. The van der Waals surface area contributed by atoms with Crippen LogP contribution in [-0.4, -0.2) is 38.3 Å². The molecule has 6 heteroatoms. The van der Waals surface area contributed by atoms with E-state index < -0.39 is 11.6 Å². The molecule has 0 spiro atoms. The smallest absolute Gasteiger partial charge is 0.405 e. The zero-order valence-electron chi connectivity index (χ0n) is 11.4. The lowest BCUT2D eigenvalue weighted by Gasteiger charge is -2.16. The Morgan fingerprint density at radius 2 is 2.00 bits per heavy atom. The number of hydrogen-bond donors (Lipinski definition) is 2. The topological polar surface area (TPSA) is 77.0 Å². The third-order valence-electron chi connectivity index (χ3n) is 3.24. The van der Waals surface area contributed by atoms with Crippen molar-refractivity contribution in [3.05, 3.63) is 29.8 Å². The second-order valence-electron chi connectivity index (χ2n) is 4.70. The van der Waals surface area contributed by atoms with Gasteiger partial charge < -0.3 is 24.6 Å². The van der Waals surface area contributed by atoms with Crippen LogP contribution in [0.5, 0.6) is 5.75 Å². The van der Waals surface area contributed by atoms with Crippen LogP contribution in [0.15, 0.2) is 24.3 Å². The Bertz CT molecular complexity index is 441. The van der Waals surface area contributed by atoms with E-state index in [9.17, 15) is 4.79 Å². The molecule has 0 saturated heterocycles. The van der Waals surface area contributed by atoms with Crippen LogP contribution in [0.2, 0.25) is 0 Å². The van der Waals surface area contributed by atoms with Crippen molar-refractivity contribution < 1.29 is 24.1 Å². The predicted octanol–water partition coefficient (Wildman–Crippen LogP) is 1.94. The summed E-state index contributed by atoms with van der Waals surface area (Å²) in [4.78, 5) is 10.8. The molecule has 1 aliphatic carbocycles. The quantitative estimate of drug-likeness (QED) is 0.562. The van der Waals surface area contributed by atoms with Crippen molar-refractivity contribution in [2.24, 2.45) is 0 Å². The highest BCUT2D eigenvalue weighted by Gasteiger charge is 2.45. The maximum absolute atomic E-state index is 10.8. The van der Waals surface area contributed by atoms with E-state index in [0.717, 1.165) is 18.4 Å². The number of benzene rings is 1. The summed E-state index contributed by atoms with van der Waals surface area (Å²) in [5.41, 5.74) is 0.562. The van der Waals surface area contributed by atoms with E-state index in [1.165, 1.54) is 0 Å². The fraction of sp³-hybridized carbons (Fsp3) is 0.500. The molecule has 20 heavy (non-hydrogen) atoms. The first-order valence-electron chi connectivity index (χ1n) is 6.47. The minimum absolute atomic E-state index is 0.168. The lowest BCUT2D eigenvalue weighted by atomic mass is 10.1. The summed E-state index contributed by atoms with van der Waals surface area (Å²) < 4.78 is 15.5. The molecule has 6 nitrogen and oxygen atoms in total. The summed E-state index contributed by atoms with van der Waals surface area (Å²) in [6.45, 7) is 1.19. The molecule has 0 unspecified atom stereocenters. The Morgan fingerprint density at radius 1 is 1.30 bits per heavy atom. The Morgan fingerprint density at radius 3 is 2.55 bits per heavy atom. The van der Waals surface area contributed by atoms with Gasteiger partial charge in [-0.15, -0.1) is 0 Å². The number of hydrogen-bond acceptors (Lipinski definition) is 4. The molecule has 0 atom stereocenters. The zero-order valence-corrected chi connectivity index (χ0v) is 11.4. The summed E-state index contributed by atoms with van der Waals surface area (Å²) >= 11 is 0. The highest BCUT2D eigenvalue weighted by molar-refractivity contribution is 5.67. The second kappa shape index (κ2) is 6.58. The first kappa shape index (κ1) is 14.6. The molecule has 1 amide bonds. The molecule has 0 heterocycles. The van der Waals surface area contributed by atoms with Crippen molar-refractivity contribution in [3.8, 4) is 5.75 Å². The van der Waals surface area contributed by atoms with Gasteiger partial charge in [0.1, 0.15) is 5.75 Å². The van der Waals surface area contributed by atoms with Crippen LogP contribution < -0.4 is 10.1 Å². The number of amides is 1. The van der Waals surface area contributed by atoms with Crippen LogP contribution in [0.4, 0.5) is 4.79 Å². The number of methoxy groups -OCH3 is 1. The largest absolute Gasteiger partial charge is 0.468 e. The first-order chi connectivity index (χ1) is 9.66. The van der Waals surface area contributed by atoms with Crippen LogP contribution in [-0.2, 0) is 15.0 Å². The van der Waals surface area contributed by atoms with Gasteiger partial charge in [-0.05, 0) is 30.5 Å². The molecule has 1 saturated carbocycles. The van der Waals surface area contributed by atoms with Crippen molar-refractivity contribution in [1.29, 1.82) is 0 Å². The average molecular weight is 281 g/mol. The second-order valence-corrected chi connectivity index (χ2v) is 4.70. The van der Waals surface area contributed by atoms with Gasteiger partial charge in [-0.25, -0.2) is 4.79 Å². The maximum Gasteiger partial charge on any atom is 0.405 e. The van der Waals surface area contributed by atoms with Gasteiger partial charge >= 0.3 is 6.09 Å². The van der Waals surface area contributed by atoms with Crippen molar-refractivity contribution in [2.75, 3.05) is 27.1 Å². The first-order valence-corrected chi connectivity index (χ1v) is 6.47. The molecule has 2 rings (SSSR count).